The molecule has 7 rings (SSSR count). The minimum Gasteiger partial charge on any atom is -0.478 e. The largest absolute Gasteiger partial charge is 0.478 e. The summed E-state index contributed by atoms with van der Waals surface area (Å²) in [6, 6.07) is 7.42. The van der Waals surface area contributed by atoms with E-state index in [1.54, 1.807) is 12.1 Å². The van der Waals surface area contributed by atoms with Gasteiger partial charge in [-0.2, -0.15) is 17.6 Å². The monoisotopic (exact) mass is 686 g/mol. The highest BCUT2D eigenvalue weighted by Crippen LogP contribution is 2.73. The molecule has 6 aliphatic rings. The molecular weight excluding hydrogens is 632 g/mol. The summed E-state index contributed by atoms with van der Waals surface area (Å²) in [5.74, 6) is -6.65. The van der Waals surface area contributed by atoms with Crippen LogP contribution in [-0.4, -0.2) is 59.9 Å². The number of alkyl halides is 4. The summed E-state index contributed by atoms with van der Waals surface area (Å²) in [7, 11) is 0. The van der Waals surface area contributed by atoms with Gasteiger partial charge < -0.3 is 15.3 Å². The first-order chi connectivity index (χ1) is 23.0. The molecule has 0 bridgehead atoms. The van der Waals surface area contributed by atoms with Gasteiger partial charge in [-0.25, -0.2) is 4.79 Å². The predicted octanol–water partition coefficient (Wildman–Crippen LogP) is 8.94. The zero-order chi connectivity index (χ0) is 35.2. The number of benzene rings is 1. The van der Waals surface area contributed by atoms with Crippen molar-refractivity contribution in [3.05, 3.63) is 41.5 Å². The van der Waals surface area contributed by atoms with Crippen LogP contribution < -0.4 is 5.32 Å². The summed E-state index contributed by atoms with van der Waals surface area (Å²) < 4.78 is 54.6. The van der Waals surface area contributed by atoms with Crippen molar-refractivity contribution in [1.29, 1.82) is 0 Å². The Balaban J connectivity index is 1.02. The summed E-state index contributed by atoms with van der Waals surface area (Å²) in [5.41, 5.74) is 3.45. The van der Waals surface area contributed by atoms with Crippen LogP contribution in [0, 0.1) is 51.2 Å². The minimum absolute atomic E-state index is 0.0212. The van der Waals surface area contributed by atoms with Crippen LogP contribution >= 0.6 is 0 Å². The second-order valence-electron chi connectivity index (χ2n) is 17.9. The first-order valence-electron chi connectivity index (χ1n) is 18.7. The molecule has 0 radical (unpaired) electrons. The number of allylic oxidation sites excluding steroid dienone is 2. The van der Waals surface area contributed by atoms with Gasteiger partial charge >= 0.3 is 17.8 Å². The van der Waals surface area contributed by atoms with Crippen molar-refractivity contribution < 1.29 is 32.3 Å². The Morgan fingerprint density at radius 3 is 2.20 bits per heavy atom. The van der Waals surface area contributed by atoms with Gasteiger partial charge in [-0.3, -0.25) is 4.79 Å². The standard InChI is InChI=1S/C40H54F4N2O3/c1-35(2)28(25-7-9-26(10-8-25)34(48)49)13-18-37(4)31(35)15-19-36(3)29-14-20-38(17-5-6-30(38)27(29)11-12-32(36)37)22-45-21-16-33(47)46-23-39(41,42)40(43,44)24-46/h7-10,13,27,29-32,45H,5-6,11-12,14-24H2,1-4H3,(H,48,49)/t27-,29?,30?,31?,32?,36-,37-,38+/m0/s1. The van der Waals surface area contributed by atoms with Gasteiger partial charge in [0.25, 0.3) is 0 Å². The number of hydrogen-bond donors (Lipinski definition) is 2. The molecule has 1 amide bonds. The lowest BCUT2D eigenvalue weighted by atomic mass is 9.36. The molecule has 4 unspecified atom stereocenters. The van der Waals surface area contributed by atoms with Gasteiger partial charge in [0.05, 0.1) is 18.7 Å². The molecule has 5 fully saturated rings. The number of likely N-dealkylation sites (tertiary alicyclic amines) is 1. The number of carbonyl (C=O) groups is 2. The summed E-state index contributed by atoms with van der Waals surface area (Å²) in [6.45, 7) is 8.72. The van der Waals surface area contributed by atoms with E-state index in [1.807, 2.05) is 12.1 Å². The van der Waals surface area contributed by atoms with Gasteiger partial charge in [0.2, 0.25) is 5.91 Å². The molecular formula is C40H54F4N2O3. The Morgan fingerprint density at radius 1 is 0.837 bits per heavy atom. The molecule has 5 aliphatic carbocycles. The SMILES string of the molecule is CC1(C)C(c2ccc(C(=O)O)cc2)=CC[C@@]2(C)C1CC[C@@]1(C)C3CC[C@@]4(CNCCC(=O)N5CC(F)(F)C(F)(F)C5)CCCC4[C@H]3CCC12. The Hall–Kier alpha value is -2.42. The first-order valence-corrected chi connectivity index (χ1v) is 18.7. The van der Waals surface area contributed by atoms with Crippen molar-refractivity contribution in [1.82, 2.24) is 10.2 Å². The molecule has 1 saturated heterocycles. The quantitative estimate of drug-likeness (QED) is 0.222. The summed E-state index contributed by atoms with van der Waals surface area (Å²) in [6.07, 6.45) is 14.4. The number of rotatable bonds is 7. The first kappa shape index (κ1) is 35.0. The molecule has 2 N–H and O–H groups in total. The fourth-order valence-electron chi connectivity index (χ4n) is 13.2. The van der Waals surface area contributed by atoms with Crippen LogP contribution in [-0.2, 0) is 4.79 Å². The van der Waals surface area contributed by atoms with Gasteiger partial charge in [0.1, 0.15) is 0 Å². The lowest BCUT2D eigenvalue weighted by Gasteiger charge is -2.68. The molecule has 1 aliphatic heterocycles. The maximum Gasteiger partial charge on any atom is 0.335 e. The van der Waals surface area contributed by atoms with E-state index in [2.05, 4.69) is 39.1 Å². The maximum atomic E-state index is 13.6. The third-order valence-electron chi connectivity index (χ3n) is 15.4. The second kappa shape index (κ2) is 11.8. The van der Waals surface area contributed by atoms with Crippen LogP contribution in [0.5, 0.6) is 0 Å². The van der Waals surface area contributed by atoms with Crippen LogP contribution in [0.15, 0.2) is 30.3 Å². The molecule has 1 aromatic rings. The van der Waals surface area contributed by atoms with Crippen LogP contribution in [0.2, 0.25) is 0 Å². The number of carbonyl (C=O) groups excluding carboxylic acids is 1. The zero-order valence-corrected chi connectivity index (χ0v) is 29.6. The van der Waals surface area contributed by atoms with Gasteiger partial charge in [0, 0.05) is 19.5 Å². The number of hydrogen-bond acceptors (Lipinski definition) is 3. The fraction of sp³-hybridized carbons (Fsp3) is 0.750. The van der Waals surface area contributed by atoms with Crippen molar-refractivity contribution in [3.8, 4) is 0 Å². The Labute approximate surface area is 288 Å². The molecule has 0 spiro atoms. The lowest BCUT2D eigenvalue weighted by Crippen LogP contribution is -2.61. The number of carboxylic acids is 1. The average Bonchev–Trinajstić information content (AvgIpc) is 3.56. The number of fused-ring (bicyclic) bond motifs is 7. The maximum absolute atomic E-state index is 13.6. The van der Waals surface area contributed by atoms with Crippen molar-refractivity contribution >= 4 is 17.4 Å². The van der Waals surface area contributed by atoms with Crippen molar-refractivity contribution in [2.75, 3.05) is 26.2 Å². The van der Waals surface area contributed by atoms with Gasteiger partial charge in [-0.15, -0.1) is 0 Å². The van der Waals surface area contributed by atoms with E-state index in [-0.39, 0.29) is 28.1 Å². The number of amides is 1. The highest BCUT2D eigenvalue weighted by molar-refractivity contribution is 5.88. The van der Waals surface area contributed by atoms with Gasteiger partial charge in [-0.1, -0.05) is 52.3 Å². The van der Waals surface area contributed by atoms with E-state index in [4.69, 9.17) is 0 Å². The molecule has 5 nitrogen and oxygen atoms in total. The molecule has 9 heteroatoms. The smallest absolute Gasteiger partial charge is 0.335 e. The van der Waals surface area contributed by atoms with E-state index >= 15 is 0 Å². The van der Waals surface area contributed by atoms with Crippen LogP contribution in [0.1, 0.15) is 114 Å². The fourth-order valence-corrected chi connectivity index (χ4v) is 13.2. The molecule has 4 saturated carbocycles. The van der Waals surface area contributed by atoms with Gasteiger partial charge in [0.15, 0.2) is 0 Å². The third kappa shape index (κ3) is 5.40. The minimum atomic E-state index is -4.17. The summed E-state index contributed by atoms with van der Waals surface area (Å²) in [5, 5.41) is 12.9. The number of nitrogens with zero attached hydrogens (tertiary/aromatic N) is 1. The predicted molar refractivity (Wildman–Crippen MR) is 181 cm³/mol. The topological polar surface area (TPSA) is 69.6 Å². The van der Waals surface area contributed by atoms with E-state index in [9.17, 15) is 32.3 Å². The molecule has 0 aromatic heterocycles. The molecule has 8 atom stereocenters. The van der Waals surface area contributed by atoms with Crippen LogP contribution in [0.3, 0.4) is 0 Å². The second-order valence-corrected chi connectivity index (χ2v) is 17.9. The van der Waals surface area contributed by atoms with E-state index < -0.39 is 36.8 Å². The van der Waals surface area contributed by atoms with E-state index in [1.165, 1.54) is 56.9 Å². The highest BCUT2D eigenvalue weighted by Gasteiger charge is 2.66. The Bertz CT molecular complexity index is 1490. The number of halogens is 4. The van der Waals surface area contributed by atoms with E-state index in [0.717, 1.165) is 24.9 Å². The van der Waals surface area contributed by atoms with Crippen LogP contribution in [0.4, 0.5) is 17.6 Å². The highest BCUT2D eigenvalue weighted by atomic mass is 19.3. The molecule has 1 heterocycles. The Kier molecular flexibility index (Phi) is 8.44. The number of aromatic carboxylic acids is 1. The van der Waals surface area contributed by atoms with E-state index in [0.29, 0.717) is 46.6 Å². The van der Waals surface area contributed by atoms with Crippen molar-refractivity contribution in [2.24, 2.45) is 51.2 Å². The molecule has 270 valence electrons. The summed E-state index contributed by atoms with van der Waals surface area (Å²) in [4.78, 5) is 24.6. The summed E-state index contributed by atoms with van der Waals surface area (Å²) >= 11 is 0. The van der Waals surface area contributed by atoms with Gasteiger partial charge in [-0.05, 0) is 132 Å². The molecule has 49 heavy (non-hydrogen) atoms. The Morgan fingerprint density at radius 2 is 1.53 bits per heavy atom. The zero-order valence-electron chi connectivity index (χ0n) is 29.6. The average molecular weight is 687 g/mol. The number of nitrogens with one attached hydrogen (secondary N) is 1. The van der Waals surface area contributed by atoms with Crippen molar-refractivity contribution in [2.45, 2.75) is 110 Å². The van der Waals surface area contributed by atoms with Crippen LogP contribution in [0.25, 0.3) is 5.57 Å². The van der Waals surface area contributed by atoms with Crippen molar-refractivity contribution in [3.63, 3.8) is 0 Å². The normalized spacial score (nSPS) is 40.0. The number of carboxylic acid groups (broad SMARTS) is 1. The lowest BCUT2D eigenvalue weighted by molar-refractivity contribution is -0.177. The molecule has 1 aromatic carbocycles. The third-order valence-corrected chi connectivity index (χ3v) is 15.4.